The highest BCUT2D eigenvalue weighted by molar-refractivity contribution is 8.00. The van der Waals surface area contributed by atoms with E-state index >= 15 is 0 Å². The van der Waals surface area contributed by atoms with Crippen molar-refractivity contribution in [2.24, 2.45) is 4.99 Å². The van der Waals surface area contributed by atoms with Crippen LogP contribution in [-0.4, -0.2) is 10.7 Å². The fraction of sp³-hybridized carbons (Fsp3) is 0.125. The second kappa shape index (κ2) is 4.59. The van der Waals surface area contributed by atoms with Crippen LogP contribution < -0.4 is 0 Å². The zero-order chi connectivity index (χ0) is 10.6. The Bertz CT molecular complexity index is 369. The monoisotopic (exact) mass is 235 g/mol. The summed E-state index contributed by atoms with van der Waals surface area (Å²) in [5, 5.41) is 2.04. The largest absolute Gasteiger partial charge is 0.446 e. The molecule has 0 aliphatic heterocycles. The summed E-state index contributed by atoms with van der Waals surface area (Å²) in [4.78, 5) is 3.56. The Kier molecular flexibility index (Phi) is 3.69. The number of alkyl halides is 3. The van der Waals surface area contributed by atoms with Crippen molar-refractivity contribution in [1.29, 1.82) is 0 Å². The van der Waals surface area contributed by atoms with Gasteiger partial charge in [-0.15, -0.1) is 0 Å². The first-order valence-electron chi connectivity index (χ1n) is 3.45. The van der Waals surface area contributed by atoms with Crippen molar-refractivity contribution in [3.05, 3.63) is 24.3 Å². The number of halogens is 3. The Labute approximate surface area is 88.0 Å². The molecule has 0 fully saturated rings. The average molecular weight is 235 g/mol. The average Bonchev–Trinajstić information content (AvgIpc) is 2.06. The zero-order valence-electron chi connectivity index (χ0n) is 6.71. The smallest absolute Gasteiger partial charge is 0.194 e. The SMILES string of the molecule is FC(F)(F)Sc1ccccc1N=C=S. The van der Waals surface area contributed by atoms with Crippen molar-refractivity contribution in [1.82, 2.24) is 0 Å². The Morgan fingerprint density at radius 2 is 1.93 bits per heavy atom. The van der Waals surface area contributed by atoms with Gasteiger partial charge in [-0.1, -0.05) is 12.1 Å². The van der Waals surface area contributed by atoms with E-state index < -0.39 is 5.51 Å². The lowest BCUT2D eigenvalue weighted by atomic mass is 10.3. The third-order valence-electron chi connectivity index (χ3n) is 1.26. The first-order chi connectivity index (χ1) is 6.53. The van der Waals surface area contributed by atoms with Gasteiger partial charge in [-0.3, -0.25) is 0 Å². The lowest BCUT2D eigenvalue weighted by Crippen LogP contribution is -1.98. The van der Waals surface area contributed by atoms with Crippen LogP contribution in [0.1, 0.15) is 0 Å². The summed E-state index contributed by atoms with van der Waals surface area (Å²) in [6.45, 7) is 0. The molecule has 74 valence electrons. The van der Waals surface area contributed by atoms with Crippen LogP contribution in [0.5, 0.6) is 0 Å². The molecule has 0 aromatic heterocycles. The Balaban J connectivity index is 3.01. The first-order valence-corrected chi connectivity index (χ1v) is 4.68. The predicted molar refractivity (Wildman–Crippen MR) is 53.0 cm³/mol. The van der Waals surface area contributed by atoms with Crippen LogP contribution in [-0.2, 0) is 0 Å². The summed E-state index contributed by atoms with van der Waals surface area (Å²) in [5.74, 6) is 0. The van der Waals surface area contributed by atoms with Crippen molar-refractivity contribution in [3.8, 4) is 0 Å². The first kappa shape index (κ1) is 11.2. The highest BCUT2D eigenvalue weighted by Crippen LogP contribution is 2.40. The molecule has 14 heavy (non-hydrogen) atoms. The fourth-order valence-electron chi connectivity index (χ4n) is 0.810. The van der Waals surface area contributed by atoms with E-state index in [0.29, 0.717) is 0 Å². The molecule has 0 spiro atoms. The zero-order valence-corrected chi connectivity index (χ0v) is 8.34. The summed E-state index contributed by atoms with van der Waals surface area (Å²) in [7, 11) is 0. The summed E-state index contributed by atoms with van der Waals surface area (Å²) in [6, 6.07) is 5.89. The third kappa shape index (κ3) is 3.49. The second-order valence-electron chi connectivity index (χ2n) is 2.22. The summed E-state index contributed by atoms with van der Waals surface area (Å²) in [6.07, 6.45) is 0. The van der Waals surface area contributed by atoms with E-state index in [1.54, 1.807) is 6.07 Å². The van der Waals surface area contributed by atoms with Crippen molar-refractivity contribution in [2.45, 2.75) is 10.4 Å². The molecule has 1 nitrogen and oxygen atoms in total. The minimum absolute atomic E-state index is 0.0253. The van der Waals surface area contributed by atoms with Crippen LogP contribution >= 0.6 is 24.0 Å². The van der Waals surface area contributed by atoms with Gasteiger partial charge in [0.2, 0.25) is 0 Å². The van der Waals surface area contributed by atoms with Crippen molar-refractivity contribution < 1.29 is 13.2 Å². The lowest BCUT2D eigenvalue weighted by molar-refractivity contribution is -0.0327. The molecule has 1 aromatic carbocycles. The third-order valence-corrected chi connectivity index (χ3v) is 2.14. The number of nitrogens with zero attached hydrogens (tertiary/aromatic N) is 1. The number of isothiocyanates is 1. The van der Waals surface area contributed by atoms with Crippen LogP contribution in [0.15, 0.2) is 34.2 Å². The molecule has 0 unspecified atom stereocenters. The summed E-state index contributed by atoms with van der Waals surface area (Å²) < 4.78 is 36.1. The number of hydrogen-bond acceptors (Lipinski definition) is 3. The molecule has 0 heterocycles. The van der Waals surface area contributed by atoms with Crippen LogP contribution in [0.3, 0.4) is 0 Å². The molecule has 0 amide bonds. The molecule has 0 radical (unpaired) electrons. The fourth-order valence-corrected chi connectivity index (χ4v) is 1.52. The van der Waals surface area contributed by atoms with Gasteiger partial charge in [0.15, 0.2) is 0 Å². The summed E-state index contributed by atoms with van der Waals surface area (Å²) >= 11 is 4.12. The van der Waals surface area contributed by atoms with Crippen LogP contribution in [0.4, 0.5) is 18.9 Å². The predicted octanol–water partition coefficient (Wildman–Crippen LogP) is 4.03. The minimum Gasteiger partial charge on any atom is -0.194 e. The van der Waals surface area contributed by atoms with Crippen LogP contribution in [0.25, 0.3) is 0 Å². The maximum Gasteiger partial charge on any atom is 0.446 e. The van der Waals surface area contributed by atoms with E-state index in [4.69, 9.17) is 0 Å². The van der Waals surface area contributed by atoms with E-state index in [1.165, 1.54) is 18.2 Å². The van der Waals surface area contributed by atoms with Crippen molar-refractivity contribution >= 4 is 34.8 Å². The van der Waals surface area contributed by atoms with Gasteiger partial charge in [0.1, 0.15) is 0 Å². The van der Waals surface area contributed by atoms with E-state index in [2.05, 4.69) is 17.2 Å². The molecule has 1 aromatic rings. The maximum absolute atomic E-state index is 12.0. The number of benzene rings is 1. The standard InChI is InChI=1S/C8H4F3NS2/c9-8(10,11)14-7-4-2-1-3-6(7)12-5-13/h1-4H. The van der Waals surface area contributed by atoms with Crippen LogP contribution in [0, 0.1) is 0 Å². The minimum atomic E-state index is -4.31. The second-order valence-corrected chi connectivity index (χ2v) is 3.51. The number of hydrogen-bond donors (Lipinski definition) is 0. The number of para-hydroxylation sites is 1. The summed E-state index contributed by atoms with van der Waals surface area (Å²) in [5.41, 5.74) is -4.13. The molecule has 6 heteroatoms. The van der Waals surface area contributed by atoms with Gasteiger partial charge in [-0.2, -0.15) is 18.2 Å². The van der Waals surface area contributed by atoms with Crippen molar-refractivity contribution in [3.63, 3.8) is 0 Å². The van der Waals surface area contributed by atoms with E-state index in [0.717, 1.165) is 0 Å². The molecule has 0 saturated carbocycles. The molecular weight excluding hydrogens is 231 g/mol. The van der Waals surface area contributed by atoms with Gasteiger partial charge in [0, 0.05) is 4.90 Å². The molecule has 0 aliphatic rings. The van der Waals surface area contributed by atoms with E-state index in [-0.39, 0.29) is 22.3 Å². The Hall–Kier alpha value is -0.840. The van der Waals surface area contributed by atoms with Gasteiger partial charge < -0.3 is 0 Å². The van der Waals surface area contributed by atoms with Gasteiger partial charge in [-0.05, 0) is 36.1 Å². The molecule has 0 bridgehead atoms. The van der Waals surface area contributed by atoms with Crippen LogP contribution in [0.2, 0.25) is 0 Å². The van der Waals surface area contributed by atoms with Gasteiger partial charge in [0.05, 0.1) is 10.8 Å². The number of rotatable bonds is 2. The normalized spacial score (nSPS) is 10.8. The number of aliphatic imine (C=N–C) groups is 1. The van der Waals surface area contributed by atoms with Gasteiger partial charge >= 0.3 is 5.51 Å². The topological polar surface area (TPSA) is 12.4 Å². The molecule has 1 rings (SSSR count). The molecule has 0 saturated heterocycles. The highest BCUT2D eigenvalue weighted by Gasteiger charge is 2.30. The van der Waals surface area contributed by atoms with E-state index in [9.17, 15) is 13.2 Å². The number of thiocarbonyl (C=S) groups is 1. The van der Waals surface area contributed by atoms with Gasteiger partial charge in [-0.25, -0.2) is 0 Å². The highest BCUT2D eigenvalue weighted by atomic mass is 32.2. The van der Waals surface area contributed by atoms with Crippen molar-refractivity contribution in [2.75, 3.05) is 0 Å². The Morgan fingerprint density at radius 3 is 2.50 bits per heavy atom. The molecule has 0 N–H and O–H groups in total. The number of thioether (sulfide) groups is 1. The quantitative estimate of drug-likeness (QED) is 0.436. The Morgan fingerprint density at radius 1 is 1.29 bits per heavy atom. The molecule has 0 aliphatic carbocycles. The maximum atomic E-state index is 12.0. The molecular formula is C8H4F3NS2. The molecule has 0 atom stereocenters. The van der Waals surface area contributed by atoms with E-state index in [1.807, 2.05) is 5.16 Å². The van der Waals surface area contributed by atoms with Gasteiger partial charge in [0.25, 0.3) is 0 Å². The lowest BCUT2D eigenvalue weighted by Gasteiger charge is -2.06.